The average molecular weight is 264 g/mol. The Morgan fingerprint density at radius 3 is 2.53 bits per heavy atom. The van der Waals surface area contributed by atoms with Gasteiger partial charge in [-0.3, -0.25) is 9.80 Å². The Balaban J connectivity index is 1.84. The molecule has 1 atom stereocenters. The molecular weight excluding hydrogens is 240 g/mol. The molecule has 1 aromatic rings. The first-order valence-corrected chi connectivity index (χ1v) is 6.96. The van der Waals surface area contributed by atoms with Crippen LogP contribution in [0.2, 0.25) is 0 Å². The molecule has 2 rings (SSSR count). The number of hydrogen-bond donors (Lipinski definition) is 0. The predicted octanol–water partition coefficient (Wildman–Crippen LogP) is 2.02. The van der Waals surface area contributed by atoms with E-state index in [-0.39, 0.29) is 6.04 Å². The molecule has 0 N–H and O–H groups in total. The number of aryl methyl sites for hydroxylation is 1. The molecule has 106 valence electrons. The lowest BCUT2D eigenvalue weighted by atomic mass is 10.2. The van der Waals surface area contributed by atoms with E-state index in [2.05, 4.69) is 46.8 Å². The van der Waals surface area contributed by atoms with E-state index in [1.54, 1.807) is 0 Å². The van der Waals surface area contributed by atoms with Crippen LogP contribution < -0.4 is 0 Å². The number of nitrogens with zero attached hydrogens (tertiary/aromatic N) is 4. The highest BCUT2D eigenvalue weighted by molar-refractivity contribution is 4.96. The lowest BCUT2D eigenvalue weighted by molar-refractivity contribution is 0.0946. The van der Waals surface area contributed by atoms with E-state index in [1.807, 2.05) is 6.92 Å². The van der Waals surface area contributed by atoms with Gasteiger partial charge in [0.25, 0.3) is 0 Å². The molecular formula is C14H24N4O. The van der Waals surface area contributed by atoms with Crippen LogP contribution in [0.25, 0.3) is 0 Å². The Morgan fingerprint density at radius 1 is 1.32 bits per heavy atom. The van der Waals surface area contributed by atoms with Crippen molar-refractivity contribution in [2.45, 2.75) is 33.7 Å². The van der Waals surface area contributed by atoms with Crippen molar-refractivity contribution < 1.29 is 4.52 Å². The molecule has 5 nitrogen and oxygen atoms in total. The van der Waals surface area contributed by atoms with E-state index in [9.17, 15) is 0 Å². The molecule has 1 aliphatic rings. The van der Waals surface area contributed by atoms with E-state index in [1.165, 1.54) is 5.57 Å². The van der Waals surface area contributed by atoms with Crippen LogP contribution in [0.3, 0.4) is 0 Å². The molecule has 0 aliphatic carbocycles. The predicted molar refractivity (Wildman–Crippen MR) is 74.9 cm³/mol. The molecule has 0 amide bonds. The van der Waals surface area contributed by atoms with Gasteiger partial charge in [0.05, 0.1) is 6.04 Å². The Labute approximate surface area is 115 Å². The summed E-state index contributed by atoms with van der Waals surface area (Å²) in [5.74, 6) is 1.44. The molecule has 0 spiro atoms. The van der Waals surface area contributed by atoms with Gasteiger partial charge < -0.3 is 4.52 Å². The third kappa shape index (κ3) is 3.88. The second kappa shape index (κ2) is 6.30. The van der Waals surface area contributed by atoms with Crippen LogP contribution in [0.5, 0.6) is 0 Å². The third-order valence-corrected chi connectivity index (χ3v) is 3.61. The van der Waals surface area contributed by atoms with Gasteiger partial charge >= 0.3 is 0 Å². The van der Waals surface area contributed by atoms with Gasteiger partial charge in [-0.15, -0.1) is 0 Å². The number of allylic oxidation sites excluding steroid dienone is 1. The van der Waals surface area contributed by atoms with Crippen LogP contribution in [-0.4, -0.2) is 52.7 Å². The molecule has 1 fully saturated rings. The average Bonchev–Trinajstić information content (AvgIpc) is 2.83. The zero-order valence-electron chi connectivity index (χ0n) is 12.4. The molecule has 0 radical (unpaired) electrons. The van der Waals surface area contributed by atoms with Gasteiger partial charge in [-0.25, -0.2) is 0 Å². The fourth-order valence-electron chi connectivity index (χ4n) is 2.28. The highest BCUT2D eigenvalue weighted by Crippen LogP contribution is 2.19. The van der Waals surface area contributed by atoms with Gasteiger partial charge in [-0.05, 0) is 27.7 Å². The fraction of sp³-hybridized carbons (Fsp3) is 0.714. The largest absolute Gasteiger partial charge is 0.338 e. The van der Waals surface area contributed by atoms with Crippen molar-refractivity contribution in [3.05, 3.63) is 23.4 Å². The zero-order chi connectivity index (χ0) is 13.8. The topological polar surface area (TPSA) is 45.4 Å². The summed E-state index contributed by atoms with van der Waals surface area (Å²) in [5.41, 5.74) is 1.39. The Morgan fingerprint density at radius 2 is 2.00 bits per heavy atom. The number of rotatable bonds is 4. The molecule has 1 unspecified atom stereocenters. The minimum absolute atomic E-state index is 0.215. The van der Waals surface area contributed by atoms with Gasteiger partial charge in [-0.1, -0.05) is 16.8 Å². The summed E-state index contributed by atoms with van der Waals surface area (Å²) in [7, 11) is 0. The monoisotopic (exact) mass is 264 g/mol. The summed E-state index contributed by atoms with van der Waals surface area (Å²) in [6.07, 6.45) is 2.29. The second-order valence-electron chi connectivity index (χ2n) is 5.47. The smallest absolute Gasteiger partial charge is 0.243 e. The van der Waals surface area contributed by atoms with Crippen LogP contribution in [0.4, 0.5) is 0 Å². The van der Waals surface area contributed by atoms with Crippen molar-refractivity contribution in [1.29, 1.82) is 0 Å². The highest BCUT2D eigenvalue weighted by atomic mass is 16.5. The lowest BCUT2D eigenvalue weighted by Gasteiger charge is -2.36. The molecule has 5 heteroatoms. The minimum Gasteiger partial charge on any atom is -0.338 e. The van der Waals surface area contributed by atoms with Crippen molar-refractivity contribution in [3.63, 3.8) is 0 Å². The van der Waals surface area contributed by atoms with Crippen molar-refractivity contribution in [2.75, 3.05) is 32.7 Å². The van der Waals surface area contributed by atoms with E-state index < -0.39 is 0 Å². The first-order valence-electron chi connectivity index (χ1n) is 6.96. The number of aromatic nitrogens is 2. The van der Waals surface area contributed by atoms with Crippen LogP contribution in [-0.2, 0) is 0 Å². The van der Waals surface area contributed by atoms with E-state index in [4.69, 9.17) is 4.52 Å². The molecule has 19 heavy (non-hydrogen) atoms. The summed E-state index contributed by atoms with van der Waals surface area (Å²) in [6.45, 7) is 13.7. The fourth-order valence-corrected chi connectivity index (χ4v) is 2.28. The van der Waals surface area contributed by atoms with Gasteiger partial charge in [0.15, 0.2) is 5.82 Å². The first kappa shape index (κ1) is 14.2. The molecule has 1 aliphatic heterocycles. The summed E-state index contributed by atoms with van der Waals surface area (Å²) >= 11 is 0. The second-order valence-corrected chi connectivity index (χ2v) is 5.47. The SMILES string of the molecule is CC(C)=CCN1CCN(C(C)c2nc(C)no2)CC1. The summed E-state index contributed by atoms with van der Waals surface area (Å²) in [4.78, 5) is 9.21. The van der Waals surface area contributed by atoms with Crippen molar-refractivity contribution in [1.82, 2.24) is 19.9 Å². The molecule has 0 bridgehead atoms. The van der Waals surface area contributed by atoms with E-state index in [0.717, 1.165) is 38.6 Å². The number of hydrogen-bond acceptors (Lipinski definition) is 5. The quantitative estimate of drug-likeness (QED) is 0.779. The Kier molecular flexibility index (Phi) is 4.71. The number of piperazine rings is 1. The van der Waals surface area contributed by atoms with Gasteiger partial charge in [0.2, 0.25) is 5.89 Å². The standard InChI is InChI=1S/C14H24N4O/c1-11(2)5-6-17-7-9-18(10-8-17)12(3)14-15-13(4)16-19-14/h5,12H,6-10H2,1-4H3. The van der Waals surface area contributed by atoms with Crippen LogP contribution in [0.1, 0.15) is 38.5 Å². The van der Waals surface area contributed by atoms with Crippen LogP contribution in [0, 0.1) is 6.92 Å². The minimum atomic E-state index is 0.215. The van der Waals surface area contributed by atoms with Crippen LogP contribution >= 0.6 is 0 Å². The Hall–Kier alpha value is -1.20. The molecule has 1 saturated heterocycles. The maximum atomic E-state index is 5.26. The molecule has 0 saturated carbocycles. The van der Waals surface area contributed by atoms with Gasteiger partial charge in [-0.2, -0.15) is 4.98 Å². The molecule has 0 aromatic carbocycles. The maximum absolute atomic E-state index is 5.26. The van der Waals surface area contributed by atoms with Crippen molar-refractivity contribution in [2.24, 2.45) is 0 Å². The van der Waals surface area contributed by atoms with Crippen LogP contribution in [0.15, 0.2) is 16.2 Å². The Bertz CT molecular complexity index is 428. The molecule has 1 aromatic heterocycles. The summed E-state index contributed by atoms with van der Waals surface area (Å²) in [5, 5.41) is 3.87. The summed E-state index contributed by atoms with van der Waals surface area (Å²) < 4.78 is 5.26. The van der Waals surface area contributed by atoms with Gasteiger partial charge in [0.1, 0.15) is 0 Å². The van der Waals surface area contributed by atoms with E-state index in [0.29, 0.717) is 5.82 Å². The zero-order valence-corrected chi connectivity index (χ0v) is 12.4. The molecule has 2 heterocycles. The summed E-state index contributed by atoms with van der Waals surface area (Å²) in [6, 6.07) is 0.215. The maximum Gasteiger partial charge on any atom is 0.243 e. The van der Waals surface area contributed by atoms with Crippen molar-refractivity contribution >= 4 is 0 Å². The normalized spacial score (nSPS) is 19.4. The highest BCUT2D eigenvalue weighted by Gasteiger charge is 2.24. The lowest BCUT2D eigenvalue weighted by Crippen LogP contribution is -2.47. The van der Waals surface area contributed by atoms with E-state index >= 15 is 0 Å². The van der Waals surface area contributed by atoms with Gasteiger partial charge in [0, 0.05) is 32.7 Å². The first-order chi connectivity index (χ1) is 9.06. The van der Waals surface area contributed by atoms with Crippen molar-refractivity contribution in [3.8, 4) is 0 Å². The third-order valence-electron chi connectivity index (χ3n) is 3.61.